The van der Waals surface area contributed by atoms with E-state index in [2.05, 4.69) is 19.2 Å². The fraction of sp³-hybridized carbons (Fsp3) is 1.00. The van der Waals surface area contributed by atoms with Crippen molar-refractivity contribution in [1.82, 2.24) is 5.32 Å². The first-order valence-corrected chi connectivity index (χ1v) is 5.72. The summed E-state index contributed by atoms with van der Waals surface area (Å²) in [5.74, 6) is 0.833. The summed E-state index contributed by atoms with van der Waals surface area (Å²) in [4.78, 5) is 0. The molecule has 0 fully saturated rings. The van der Waals surface area contributed by atoms with Crippen molar-refractivity contribution in [2.45, 2.75) is 46.0 Å². The molecule has 2 heteroatoms. The van der Waals surface area contributed by atoms with Crippen LogP contribution in [0.1, 0.15) is 46.0 Å². The lowest BCUT2D eigenvalue weighted by molar-refractivity contribution is 0.469. The third-order valence-corrected chi connectivity index (χ3v) is 2.33. The largest absolute Gasteiger partial charge is 0.330 e. The van der Waals surface area contributed by atoms with Crippen molar-refractivity contribution in [3.63, 3.8) is 0 Å². The summed E-state index contributed by atoms with van der Waals surface area (Å²) in [5.41, 5.74) is 5.41. The molecule has 0 aliphatic rings. The van der Waals surface area contributed by atoms with Gasteiger partial charge in [-0.1, -0.05) is 26.7 Å². The van der Waals surface area contributed by atoms with E-state index in [-0.39, 0.29) is 0 Å². The minimum Gasteiger partial charge on any atom is -0.330 e. The third kappa shape index (κ3) is 9.84. The van der Waals surface area contributed by atoms with Gasteiger partial charge in [0.25, 0.3) is 0 Å². The average molecular weight is 186 g/mol. The molecule has 1 unspecified atom stereocenters. The third-order valence-electron chi connectivity index (χ3n) is 2.33. The van der Waals surface area contributed by atoms with E-state index >= 15 is 0 Å². The quantitative estimate of drug-likeness (QED) is 0.541. The molecule has 0 aromatic heterocycles. The van der Waals surface area contributed by atoms with Gasteiger partial charge in [-0.15, -0.1) is 0 Å². The lowest BCUT2D eigenvalue weighted by Gasteiger charge is -2.10. The lowest BCUT2D eigenvalue weighted by Crippen LogP contribution is -2.22. The Morgan fingerprint density at radius 1 is 1.23 bits per heavy atom. The summed E-state index contributed by atoms with van der Waals surface area (Å²) in [7, 11) is 0. The zero-order valence-corrected chi connectivity index (χ0v) is 9.31. The van der Waals surface area contributed by atoms with Crippen LogP contribution in [0.15, 0.2) is 0 Å². The molecule has 0 saturated heterocycles. The number of hydrogen-bond acceptors (Lipinski definition) is 2. The molecule has 0 aliphatic carbocycles. The molecular formula is C11H26N2. The molecule has 1 atom stereocenters. The molecule has 0 aromatic carbocycles. The van der Waals surface area contributed by atoms with Gasteiger partial charge in [0.05, 0.1) is 0 Å². The number of hydrogen-bond donors (Lipinski definition) is 2. The van der Waals surface area contributed by atoms with Gasteiger partial charge in [0.2, 0.25) is 0 Å². The fourth-order valence-corrected chi connectivity index (χ4v) is 1.51. The van der Waals surface area contributed by atoms with E-state index in [0.29, 0.717) is 0 Å². The highest BCUT2D eigenvalue weighted by Gasteiger charge is 1.98. The van der Waals surface area contributed by atoms with Gasteiger partial charge in [0, 0.05) is 0 Å². The maximum atomic E-state index is 5.41. The zero-order chi connectivity index (χ0) is 9.94. The van der Waals surface area contributed by atoms with Crippen molar-refractivity contribution >= 4 is 0 Å². The normalized spacial score (nSPS) is 13.2. The van der Waals surface area contributed by atoms with Crippen LogP contribution in [0.5, 0.6) is 0 Å². The summed E-state index contributed by atoms with van der Waals surface area (Å²) in [5, 5.41) is 3.49. The SMILES string of the molecule is CCCC(C)CNCCCCCN. The molecule has 0 saturated carbocycles. The van der Waals surface area contributed by atoms with E-state index in [4.69, 9.17) is 5.73 Å². The first-order chi connectivity index (χ1) is 6.31. The summed E-state index contributed by atoms with van der Waals surface area (Å²) in [6, 6.07) is 0. The molecule has 0 heterocycles. The van der Waals surface area contributed by atoms with Gasteiger partial charge in [-0.25, -0.2) is 0 Å². The second-order valence-electron chi connectivity index (χ2n) is 3.95. The molecule has 3 N–H and O–H groups in total. The highest BCUT2D eigenvalue weighted by atomic mass is 14.8. The molecule has 0 amide bonds. The highest BCUT2D eigenvalue weighted by Crippen LogP contribution is 2.02. The van der Waals surface area contributed by atoms with E-state index < -0.39 is 0 Å². The van der Waals surface area contributed by atoms with Gasteiger partial charge in [0.1, 0.15) is 0 Å². The van der Waals surface area contributed by atoms with Crippen molar-refractivity contribution in [1.29, 1.82) is 0 Å². The highest BCUT2D eigenvalue weighted by molar-refractivity contribution is 4.56. The topological polar surface area (TPSA) is 38.0 Å². The minimum atomic E-state index is 0.833. The van der Waals surface area contributed by atoms with Gasteiger partial charge in [0.15, 0.2) is 0 Å². The molecule has 0 aromatic rings. The predicted octanol–water partition coefficient (Wildman–Crippen LogP) is 2.14. The summed E-state index contributed by atoms with van der Waals surface area (Å²) in [6.07, 6.45) is 6.36. The lowest BCUT2D eigenvalue weighted by atomic mass is 10.1. The average Bonchev–Trinajstić information content (AvgIpc) is 2.11. The Bertz CT molecular complexity index is 94.1. The molecule has 0 spiro atoms. The first-order valence-electron chi connectivity index (χ1n) is 5.72. The molecular weight excluding hydrogens is 160 g/mol. The van der Waals surface area contributed by atoms with Crippen LogP contribution in [0.2, 0.25) is 0 Å². The molecule has 13 heavy (non-hydrogen) atoms. The monoisotopic (exact) mass is 186 g/mol. The smallest absolute Gasteiger partial charge is 0.00232 e. The standard InChI is InChI=1S/C11H26N2/c1-3-7-11(2)10-13-9-6-4-5-8-12/h11,13H,3-10,12H2,1-2H3. The van der Waals surface area contributed by atoms with Crippen LogP contribution in [0.3, 0.4) is 0 Å². The van der Waals surface area contributed by atoms with E-state index in [9.17, 15) is 0 Å². The van der Waals surface area contributed by atoms with Gasteiger partial charge < -0.3 is 11.1 Å². The van der Waals surface area contributed by atoms with Crippen LogP contribution < -0.4 is 11.1 Å². The van der Waals surface area contributed by atoms with Crippen LogP contribution in [0, 0.1) is 5.92 Å². The number of nitrogens with two attached hydrogens (primary N) is 1. The van der Waals surface area contributed by atoms with Gasteiger partial charge in [-0.2, -0.15) is 0 Å². The Morgan fingerprint density at radius 2 is 2.00 bits per heavy atom. The number of unbranched alkanes of at least 4 members (excludes halogenated alkanes) is 2. The van der Waals surface area contributed by atoms with Crippen molar-refractivity contribution in [3.8, 4) is 0 Å². The number of rotatable bonds is 9. The summed E-state index contributed by atoms with van der Waals surface area (Å²) in [6.45, 7) is 7.74. The van der Waals surface area contributed by atoms with Gasteiger partial charge in [-0.05, 0) is 44.8 Å². The Labute approximate surface area is 83.3 Å². The van der Waals surface area contributed by atoms with Crippen LogP contribution >= 0.6 is 0 Å². The molecule has 2 nitrogen and oxygen atoms in total. The second-order valence-corrected chi connectivity index (χ2v) is 3.95. The molecule has 80 valence electrons. The van der Waals surface area contributed by atoms with E-state index in [1.165, 1.54) is 38.6 Å². The summed E-state index contributed by atoms with van der Waals surface area (Å²) >= 11 is 0. The van der Waals surface area contributed by atoms with E-state index in [1.807, 2.05) is 0 Å². The van der Waals surface area contributed by atoms with E-state index in [1.54, 1.807) is 0 Å². The van der Waals surface area contributed by atoms with Gasteiger partial charge in [-0.3, -0.25) is 0 Å². The first kappa shape index (κ1) is 12.9. The Hall–Kier alpha value is -0.0800. The van der Waals surface area contributed by atoms with Crippen molar-refractivity contribution in [3.05, 3.63) is 0 Å². The molecule has 0 aliphatic heterocycles. The minimum absolute atomic E-state index is 0.833. The number of nitrogens with one attached hydrogen (secondary N) is 1. The fourth-order valence-electron chi connectivity index (χ4n) is 1.51. The van der Waals surface area contributed by atoms with Crippen molar-refractivity contribution in [2.75, 3.05) is 19.6 Å². The molecule has 0 rings (SSSR count). The molecule has 0 bridgehead atoms. The second kappa shape index (κ2) is 10.0. The van der Waals surface area contributed by atoms with Crippen LogP contribution in [0.25, 0.3) is 0 Å². The Kier molecular flexibility index (Phi) is 9.94. The van der Waals surface area contributed by atoms with E-state index in [0.717, 1.165) is 19.0 Å². The predicted molar refractivity (Wildman–Crippen MR) is 59.8 cm³/mol. The van der Waals surface area contributed by atoms with Crippen molar-refractivity contribution < 1.29 is 0 Å². The maximum Gasteiger partial charge on any atom is -0.00232 e. The molecule has 0 radical (unpaired) electrons. The van der Waals surface area contributed by atoms with Crippen molar-refractivity contribution in [2.24, 2.45) is 11.7 Å². The van der Waals surface area contributed by atoms with Crippen LogP contribution in [-0.2, 0) is 0 Å². The Morgan fingerprint density at radius 3 is 2.62 bits per heavy atom. The van der Waals surface area contributed by atoms with Crippen LogP contribution in [-0.4, -0.2) is 19.6 Å². The summed E-state index contributed by atoms with van der Waals surface area (Å²) < 4.78 is 0. The van der Waals surface area contributed by atoms with Gasteiger partial charge >= 0.3 is 0 Å². The maximum absolute atomic E-state index is 5.41. The zero-order valence-electron chi connectivity index (χ0n) is 9.31. The Balaban J connectivity index is 2.97. The van der Waals surface area contributed by atoms with Crippen LogP contribution in [0.4, 0.5) is 0 Å².